The van der Waals surface area contributed by atoms with E-state index < -0.39 is 0 Å². The maximum atomic E-state index is 9.71. The Bertz CT molecular complexity index is 1700. The van der Waals surface area contributed by atoms with Crippen LogP contribution in [0.2, 0.25) is 0 Å². The summed E-state index contributed by atoms with van der Waals surface area (Å²) in [6, 6.07) is 6.77. The molecule has 2 aliphatic rings. The molecule has 0 aliphatic carbocycles. The van der Waals surface area contributed by atoms with Gasteiger partial charge in [-0.1, -0.05) is 65.5 Å². The second kappa shape index (κ2) is 15.3. The van der Waals surface area contributed by atoms with Crippen LogP contribution in [-0.4, -0.2) is 31.6 Å². The van der Waals surface area contributed by atoms with Crippen LogP contribution in [-0.2, 0) is 25.7 Å². The summed E-state index contributed by atoms with van der Waals surface area (Å²) in [5.74, 6) is 0. The number of aliphatic hydroxyl groups is 1. The standard InChI is InChI=1S/C39H50N4O/c1-5-9-15-28-32-19-20-33(40-32)29(16-10-6-2)35-23-24-37(42-35)31(18-12-8-4)39-27(14-13-25-44)26-38(43-39)30(17-11-7-3)36-22-21-34(28)41-36/h13-14,19-24,26,41,43-44H,5-12,15-18,25H2,1-4H3. The number of H-pyrrole nitrogens is 2. The Kier molecular flexibility index (Phi) is 11.1. The van der Waals surface area contributed by atoms with Crippen LogP contribution in [0.3, 0.4) is 0 Å². The number of aromatic nitrogens is 4. The predicted molar refractivity (Wildman–Crippen MR) is 189 cm³/mol. The monoisotopic (exact) mass is 590 g/mol. The van der Waals surface area contributed by atoms with Crippen molar-refractivity contribution in [2.24, 2.45) is 0 Å². The van der Waals surface area contributed by atoms with Crippen LogP contribution in [0.1, 0.15) is 130 Å². The largest absolute Gasteiger partial charge is 0.392 e. The van der Waals surface area contributed by atoms with Gasteiger partial charge in [0.1, 0.15) is 0 Å². The Labute approximate surface area is 263 Å². The zero-order chi connectivity index (χ0) is 30.9. The number of fused-ring (bicyclic) bond motifs is 8. The molecule has 0 atom stereocenters. The van der Waals surface area contributed by atoms with Crippen molar-refractivity contribution in [2.75, 3.05) is 6.61 Å². The first kappa shape index (κ1) is 31.7. The Balaban J connectivity index is 1.95. The van der Waals surface area contributed by atoms with Crippen LogP contribution >= 0.6 is 0 Å². The van der Waals surface area contributed by atoms with Crippen LogP contribution in [0.4, 0.5) is 0 Å². The Hall–Kier alpha value is -3.70. The zero-order valence-corrected chi connectivity index (χ0v) is 27.2. The molecule has 0 spiro atoms. The zero-order valence-electron chi connectivity index (χ0n) is 27.2. The quantitative estimate of drug-likeness (QED) is 0.120. The third-order valence-electron chi connectivity index (χ3n) is 8.85. The topological polar surface area (TPSA) is 77.6 Å². The number of unbranched alkanes of at least 4 members (excludes halogenated alkanes) is 4. The fraction of sp³-hybridized carbons (Fsp3) is 0.436. The van der Waals surface area contributed by atoms with Gasteiger partial charge in [0.15, 0.2) is 0 Å². The molecule has 5 heteroatoms. The molecule has 44 heavy (non-hydrogen) atoms. The molecule has 5 nitrogen and oxygen atoms in total. The van der Waals surface area contributed by atoms with Gasteiger partial charge in [0, 0.05) is 38.8 Å². The lowest BCUT2D eigenvalue weighted by atomic mass is 10.0. The van der Waals surface area contributed by atoms with Crippen molar-refractivity contribution >= 4 is 52.4 Å². The van der Waals surface area contributed by atoms with Gasteiger partial charge in [-0.25, -0.2) is 9.97 Å². The van der Waals surface area contributed by atoms with E-state index in [1.54, 1.807) is 0 Å². The van der Waals surface area contributed by atoms with E-state index in [0.717, 1.165) is 127 Å². The molecular formula is C39H50N4O. The number of aryl methyl sites for hydroxylation is 3. The van der Waals surface area contributed by atoms with E-state index >= 15 is 0 Å². The van der Waals surface area contributed by atoms with E-state index in [4.69, 9.17) is 9.97 Å². The molecule has 3 aromatic rings. The fourth-order valence-electron chi connectivity index (χ4n) is 6.34. The van der Waals surface area contributed by atoms with Crippen LogP contribution in [0.5, 0.6) is 0 Å². The first-order chi connectivity index (χ1) is 21.6. The van der Waals surface area contributed by atoms with Gasteiger partial charge in [-0.05, 0) is 99.4 Å². The molecular weight excluding hydrogens is 540 g/mol. The number of nitrogens with zero attached hydrogens (tertiary/aromatic N) is 2. The minimum Gasteiger partial charge on any atom is -0.392 e. The molecule has 2 aliphatic heterocycles. The lowest BCUT2D eigenvalue weighted by Gasteiger charge is -2.06. The van der Waals surface area contributed by atoms with Crippen molar-refractivity contribution in [1.29, 1.82) is 0 Å². The predicted octanol–water partition coefficient (Wildman–Crippen LogP) is 10.0. The summed E-state index contributed by atoms with van der Waals surface area (Å²) in [4.78, 5) is 18.3. The van der Waals surface area contributed by atoms with Crippen LogP contribution < -0.4 is 0 Å². The molecule has 232 valence electrons. The molecule has 5 heterocycles. The number of aliphatic hydroxyl groups excluding tert-OH is 1. The summed E-state index contributed by atoms with van der Waals surface area (Å²) >= 11 is 0. The Morgan fingerprint density at radius 3 is 1.64 bits per heavy atom. The van der Waals surface area contributed by atoms with Gasteiger partial charge in [0.05, 0.1) is 34.9 Å². The molecule has 8 bridgehead atoms. The highest BCUT2D eigenvalue weighted by Crippen LogP contribution is 2.31. The van der Waals surface area contributed by atoms with Gasteiger partial charge >= 0.3 is 0 Å². The SMILES string of the molecule is CCCCc1c2nc(c(CCCC)c3ccc([nH]3)c(CCCC)c3cc(C=CCO)c([nH]3)c(CCCC)c3nc1C=C3)C=C2. The molecule has 0 saturated heterocycles. The van der Waals surface area contributed by atoms with Gasteiger partial charge in [0.25, 0.3) is 0 Å². The van der Waals surface area contributed by atoms with E-state index in [2.05, 4.69) is 86.2 Å². The van der Waals surface area contributed by atoms with Gasteiger partial charge in [-0.15, -0.1) is 0 Å². The highest BCUT2D eigenvalue weighted by molar-refractivity contribution is 5.87. The molecule has 3 aromatic heterocycles. The summed E-state index contributed by atoms with van der Waals surface area (Å²) in [5.41, 5.74) is 14.9. The van der Waals surface area contributed by atoms with Crippen molar-refractivity contribution in [3.05, 3.63) is 74.9 Å². The Morgan fingerprint density at radius 1 is 0.591 bits per heavy atom. The van der Waals surface area contributed by atoms with Gasteiger partial charge in [0.2, 0.25) is 0 Å². The summed E-state index contributed by atoms with van der Waals surface area (Å²) in [6.07, 6.45) is 25.5. The van der Waals surface area contributed by atoms with Gasteiger partial charge in [-0.2, -0.15) is 0 Å². The number of hydrogen-bond donors (Lipinski definition) is 3. The molecule has 3 N–H and O–H groups in total. The lowest BCUT2D eigenvalue weighted by molar-refractivity contribution is 0.343. The summed E-state index contributed by atoms with van der Waals surface area (Å²) in [6.45, 7) is 9.00. The number of aromatic amines is 2. The normalized spacial score (nSPS) is 12.7. The van der Waals surface area contributed by atoms with E-state index in [1.807, 2.05) is 6.08 Å². The molecule has 0 unspecified atom stereocenters. The highest BCUT2D eigenvalue weighted by atomic mass is 16.2. The third-order valence-corrected chi connectivity index (χ3v) is 8.85. The average Bonchev–Trinajstić information content (AvgIpc) is 3.85. The summed E-state index contributed by atoms with van der Waals surface area (Å²) in [5, 5.41) is 9.71. The average molecular weight is 591 g/mol. The molecule has 0 amide bonds. The van der Waals surface area contributed by atoms with E-state index in [-0.39, 0.29) is 6.61 Å². The first-order valence-corrected chi connectivity index (χ1v) is 17.0. The molecule has 0 fully saturated rings. The van der Waals surface area contributed by atoms with Gasteiger partial charge in [-0.3, -0.25) is 0 Å². The minimum atomic E-state index is 0.00992. The van der Waals surface area contributed by atoms with Crippen LogP contribution in [0.25, 0.3) is 52.4 Å². The van der Waals surface area contributed by atoms with E-state index in [0.29, 0.717) is 0 Å². The van der Waals surface area contributed by atoms with Crippen molar-refractivity contribution < 1.29 is 5.11 Å². The number of nitrogens with one attached hydrogen (secondary N) is 2. The molecule has 0 radical (unpaired) electrons. The smallest absolute Gasteiger partial charge is 0.0691 e. The first-order valence-electron chi connectivity index (χ1n) is 17.0. The number of hydrogen-bond acceptors (Lipinski definition) is 3. The summed E-state index contributed by atoms with van der Waals surface area (Å²) < 4.78 is 0. The highest BCUT2D eigenvalue weighted by Gasteiger charge is 2.17. The second-order valence-electron chi connectivity index (χ2n) is 12.1. The van der Waals surface area contributed by atoms with Gasteiger partial charge < -0.3 is 15.1 Å². The third kappa shape index (κ3) is 6.99. The lowest BCUT2D eigenvalue weighted by Crippen LogP contribution is -1.97. The maximum absolute atomic E-state index is 9.71. The Morgan fingerprint density at radius 2 is 1.07 bits per heavy atom. The minimum absolute atomic E-state index is 0.00992. The van der Waals surface area contributed by atoms with Crippen molar-refractivity contribution in [3.63, 3.8) is 0 Å². The van der Waals surface area contributed by atoms with Crippen LogP contribution in [0.15, 0.2) is 24.3 Å². The summed E-state index contributed by atoms with van der Waals surface area (Å²) in [7, 11) is 0. The van der Waals surface area contributed by atoms with E-state index in [9.17, 15) is 5.11 Å². The molecule has 0 aromatic carbocycles. The second-order valence-corrected chi connectivity index (χ2v) is 12.1. The fourth-order valence-corrected chi connectivity index (χ4v) is 6.34. The molecule has 0 saturated carbocycles. The molecule has 5 rings (SSSR count). The van der Waals surface area contributed by atoms with Crippen LogP contribution in [0, 0.1) is 0 Å². The maximum Gasteiger partial charge on any atom is 0.0691 e. The number of rotatable bonds is 14. The van der Waals surface area contributed by atoms with Crippen molar-refractivity contribution in [3.8, 4) is 0 Å². The van der Waals surface area contributed by atoms with Crippen molar-refractivity contribution in [1.82, 2.24) is 19.9 Å². The van der Waals surface area contributed by atoms with E-state index in [1.165, 1.54) is 22.3 Å². The van der Waals surface area contributed by atoms with Crippen molar-refractivity contribution in [2.45, 2.75) is 105 Å².